The minimum absolute atomic E-state index is 0.0560. The molecular weight excluding hydrogens is 642 g/mol. The maximum absolute atomic E-state index is 16.3. The number of ether oxygens (including phenoxy) is 1. The third-order valence-corrected chi connectivity index (χ3v) is 10.2. The monoisotopic (exact) mass is 671 g/mol. The average Bonchev–Trinajstić information content (AvgIpc) is 3.32. The van der Waals surface area contributed by atoms with E-state index in [1.165, 1.54) is 30.3 Å². The number of anilines is 2. The van der Waals surface area contributed by atoms with Crippen LogP contribution in [0.3, 0.4) is 0 Å². The van der Waals surface area contributed by atoms with Gasteiger partial charge < -0.3 is 19.6 Å². The zero-order chi connectivity index (χ0) is 33.9. The molecule has 4 aromatic rings. The van der Waals surface area contributed by atoms with Crippen LogP contribution in [0.25, 0.3) is 0 Å². The Labute approximate surface area is 267 Å². The highest BCUT2D eigenvalue weighted by Crippen LogP contribution is 2.52. The van der Waals surface area contributed by atoms with Gasteiger partial charge in [0.1, 0.15) is 35.7 Å². The van der Waals surface area contributed by atoms with Crippen molar-refractivity contribution in [3.05, 3.63) is 112 Å². The number of sulfone groups is 1. The summed E-state index contributed by atoms with van der Waals surface area (Å²) in [5, 5.41) is 13.9. The molecule has 1 aromatic heterocycles. The molecule has 0 bridgehead atoms. The fourth-order valence-corrected chi connectivity index (χ4v) is 8.40. The van der Waals surface area contributed by atoms with Crippen LogP contribution in [0.5, 0.6) is 11.5 Å². The zero-order valence-corrected chi connectivity index (χ0v) is 26.2. The van der Waals surface area contributed by atoms with Crippen molar-refractivity contribution in [3.63, 3.8) is 0 Å². The van der Waals surface area contributed by atoms with Gasteiger partial charge in [-0.3, -0.25) is 9.69 Å². The number of aryl methyl sites for hydroxylation is 1. The number of alkyl halides is 3. The first-order valence-corrected chi connectivity index (χ1v) is 16.1. The summed E-state index contributed by atoms with van der Waals surface area (Å²) in [6.07, 6.45) is -5.06. The summed E-state index contributed by atoms with van der Waals surface area (Å²) >= 11 is 0. The summed E-state index contributed by atoms with van der Waals surface area (Å²) in [7, 11) is -4.32. The molecule has 3 aromatic carbocycles. The summed E-state index contributed by atoms with van der Waals surface area (Å²) in [4.78, 5) is 18.4. The van der Waals surface area contributed by atoms with Crippen molar-refractivity contribution in [2.75, 3.05) is 16.0 Å². The first-order chi connectivity index (χ1) is 22.1. The summed E-state index contributed by atoms with van der Waals surface area (Å²) in [6.45, 7) is 4.62. The molecule has 2 aliphatic heterocycles. The predicted octanol–water partition coefficient (Wildman–Crippen LogP) is 7.30. The molecular formula is C33H29F4N3O6S. The number of fused-ring (bicyclic) bond motifs is 1. The number of hydrogen-bond acceptors (Lipinski definition) is 8. The van der Waals surface area contributed by atoms with E-state index in [1.54, 1.807) is 13.8 Å². The van der Waals surface area contributed by atoms with Gasteiger partial charge in [0.15, 0.2) is 21.4 Å². The molecule has 9 nitrogen and oxygen atoms in total. The minimum Gasteiger partial charge on any atom is -0.506 e. The van der Waals surface area contributed by atoms with Crippen LogP contribution in [-0.4, -0.2) is 30.2 Å². The minimum atomic E-state index is -5.15. The van der Waals surface area contributed by atoms with Gasteiger partial charge in [-0.15, -0.1) is 0 Å². The second kappa shape index (κ2) is 11.4. The topological polar surface area (TPSA) is 122 Å². The predicted molar refractivity (Wildman–Crippen MR) is 164 cm³/mol. The molecule has 0 aliphatic carbocycles. The summed E-state index contributed by atoms with van der Waals surface area (Å²) < 4.78 is 97.3. The molecule has 1 amide bonds. The van der Waals surface area contributed by atoms with E-state index in [9.17, 15) is 31.5 Å². The number of aromatic hydroxyl groups is 1. The third kappa shape index (κ3) is 6.04. The van der Waals surface area contributed by atoms with Gasteiger partial charge in [0.05, 0.1) is 16.3 Å². The Hall–Kier alpha value is -4.85. The number of nitrogens with zero attached hydrogens (tertiary/aromatic N) is 2. The normalized spacial score (nSPS) is 18.5. The lowest BCUT2D eigenvalue weighted by Gasteiger charge is -2.37. The highest BCUT2D eigenvalue weighted by atomic mass is 32.2. The molecule has 0 fully saturated rings. The third-order valence-electron chi connectivity index (χ3n) is 7.86. The Morgan fingerprint density at radius 1 is 1.13 bits per heavy atom. The van der Waals surface area contributed by atoms with Crippen LogP contribution in [0.1, 0.15) is 59.6 Å². The van der Waals surface area contributed by atoms with Crippen LogP contribution in [0.2, 0.25) is 0 Å². The number of para-hydroxylation sites is 1. The summed E-state index contributed by atoms with van der Waals surface area (Å²) in [5.74, 6) is -5.33. The number of benzene rings is 3. The number of carbonyl (C=O) groups excluding carboxylic acids is 1. The van der Waals surface area contributed by atoms with E-state index < -0.39 is 72.9 Å². The van der Waals surface area contributed by atoms with Crippen molar-refractivity contribution in [3.8, 4) is 11.5 Å². The van der Waals surface area contributed by atoms with Crippen molar-refractivity contribution in [1.82, 2.24) is 4.98 Å². The highest BCUT2D eigenvalue weighted by molar-refractivity contribution is 7.95. The molecule has 0 spiro atoms. The number of carbonyl (C=O) groups is 1. The van der Waals surface area contributed by atoms with Gasteiger partial charge in [-0.1, -0.05) is 50.2 Å². The Morgan fingerprint density at radius 3 is 2.53 bits per heavy atom. The number of phenols is 1. The Bertz CT molecular complexity index is 2020. The lowest BCUT2D eigenvalue weighted by Crippen LogP contribution is -2.42. The van der Waals surface area contributed by atoms with E-state index in [1.807, 2.05) is 30.3 Å². The van der Waals surface area contributed by atoms with Crippen molar-refractivity contribution in [2.24, 2.45) is 5.41 Å². The molecule has 47 heavy (non-hydrogen) atoms. The SMILES string of the molecule is Cc1nc(C(=O)N2c3cccc(O)c3NC3=C(C2c2ccc(OCc4ccccc4)cc2F)S(=O)(=O)CC(C)(C)C3)c(C(F)(F)F)o1. The van der Waals surface area contributed by atoms with Gasteiger partial charge in [0.2, 0.25) is 5.76 Å². The highest BCUT2D eigenvalue weighted by Gasteiger charge is 2.50. The molecule has 1 atom stereocenters. The fourth-order valence-electron chi connectivity index (χ4n) is 6.05. The first-order valence-electron chi connectivity index (χ1n) is 14.4. The standard InChI is InChI=1S/C33H29F4N3O6S/c1-18-38-27(30(46-18)33(35,36)37)31(42)40-24-10-7-11-25(41)26(24)39-23-15-32(2,3)17-47(43,44)29(23)28(40)21-13-12-20(14-22(21)34)45-16-19-8-5-4-6-9-19/h4-14,28,39,41H,15-17H2,1-3H3. The summed E-state index contributed by atoms with van der Waals surface area (Å²) in [6, 6.07) is 14.8. The number of oxazole rings is 1. The van der Waals surface area contributed by atoms with E-state index >= 15 is 4.39 Å². The maximum Gasteiger partial charge on any atom is 0.452 e. The molecule has 1 unspecified atom stereocenters. The number of hydrogen-bond donors (Lipinski definition) is 2. The molecule has 3 heterocycles. The molecule has 0 saturated heterocycles. The molecule has 6 rings (SSSR count). The number of amides is 1. The number of allylic oxidation sites excluding steroid dienone is 1. The van der Waals surface area contributed by atoms with E-state index in [0.717, 1.165) is 23.5 Å². The summed E-state index contributed by atoms with van der Waals surface area (Å²) in [5.41, 5.74) is -1.84. The smallest absolute Gasteiger partial charge is 0.452 e. The van der Waals surface area contributed by atoms with Crippen molar-refractivity contribution < 1.29 is 45.0 Å². The lowest BCUT2D eigenvalue weighted by atomic mass is 9.88. The van der Waals surface area contributed by atoms with Gasteiger partial charge in [0, 0.05) is 24.3 Å². The molecule has 14 heteroatoms. The van der Waals surface area contributed by atoms with E-state index in [-0.39, 0.29) is 41.4 Å². The number of nitrogens with one attached hydrogen (secondary N) is 1. The van der Waals surface area contributed by atoms with Crippen LogP contribution in [0.15, 0.2) is 81.7 Å². The van der Waals surface area contributed by atoms with E-state index in [4.69, 9.17) is 9.15 Å². The Balaban J connectivity index is 1.59. The Morgan fingerprint density at radius 2 is 1.85 bits per heavy atom. The quantitative estimate of drug-likeness (QED) is 0.168. The second-order valence-electron chi connectivity index (χ2n) is 12.2. The van der Waals surface area contributed by atoms with E-state index in [0.29, 0.717) is 0 Å². The van der Waals surface area contributed by atoms with Gasteiger partial charge in [0.25, 0.3) is 5.91 Å². The van der Waals surface area contributed by atoms with Gasteiger partial charge >= 0.3 is 6.18 Å². The number of aromatic nitrogens is 1. The van der Waals surface area contributed by atoms with Crippen LogP contribution in [0.4, 0.5) is 28.9 Å². The first kappa shape index (κ1) is 32.1. The molecule has 0 radical (unpaired) electrons. The van der Waals surface area contributed by atoms with Crippen molar-refractivity contribution >= 4 is 27.1 Å². The van der Waals surface area contributed by atoms with Crippen LogP contribution < -0.4 is 15.0 Å². The van der Waals surface area contributed by atoms with Crippen LogP contribution in [-0.2, 0) is 22.6 Å². The lowest BCUT2D eigenvalue weighted by molar-refractivity contribution is -0.153. The maximum atomic E-state index is 16.3. The van der Waals surface area contributed by atoms with Gasteiger partial charge in [-0.25, -0.2) is 17.8 Å². The second-order valence-corrected chi connectivity index (χ2v) is 14.1. The molecule has 2 aliphatic rings. The van der Waals surface area contributed by atoms with Crippen LogP contribution in [0, 0.1) is 18.2 Å². The van der Waals surface area contributed by atoms with Gasteiger partial charge in [-0.05, 0) is 41.7 Å². The molecule has 246 valence electrons. The van der Waals surface area contributed by atoms with Crippen LogP contribution >= 0.6 is 0 Å². The average molecular weight is 672 g/mol. The number of halogens is 4. The molecule has 2 N–H and O–H groups in total. The number of phenolic OH excluding ortho intramolecular Hbond substituents is 1. The van der Waals surface area contributed by atoms with Crippen molar-refractivity contribution in [1.29, 1.82) is 0 Å². The van der Waals surface area contributed by atoms with E-state index in [2.05, 4.69) is 10.3 Å². The Kier molecular flexibility index (Phi) is 7.81. The zero-order valence-electron chi connectivity index (χ0n) is 25.4. The molecule has 0 saturated carbocycles. The van der Waals surface area contributed by atoms with Crippen molar-refractivity contribution in [2.45, 2.75) is 46.0 Å². The number of rotatable bonds is 5. The van der Waals surface area contributed by atoms with Gasteiger partial charge in [-0.2, -0.15) is 13.2 Å². The largest absolute Gasteiger partial charge is 0.506 e. The fraction of sp³-hybridized carbons (Fsp3) is 0.273.